The first-order chi connectivity index (χ1) is 16.1. The van der Waals surface area contributed by atoms with Crippen LogP contribution in [0.15, 0.2) is 79.5 Å². The Labute approximate surface area is 190 Å². The van der Waals surface area contributed by atoms with E-state index in [1.807, 2.05) is 73.6 Å². The van der Waals surface area contributed by atoms with E-state index in [9.17, 15) is 4.79 Å². The molecule has 0 aliphatic rings. The fraction of sp³-hybridized carbons (Fsp3) is 0.120. The van der Waals surface area contributed by atoms with Gasteiger partial charge in [0.2, 0.25) is 5.88 Å². The number of carbonyl (C=O) groups excluding carboxylic acids is 1. The van der Waals surface area contributed by atoms with Gasteiger partial charge in [0.05, 0.1) is 16.4 Å². The molecule has 0 radical (unpaired) electrons. The third-order valence-electron chi connectivity index (χ3n) is 5.36. The number of nitrogens with one attached hydrogen (secondary N) is 1. The summed E-state index contributed by atoms with van der Waals surface area (Å²) in [6, 6.07) is 17.0. The van der Waals surface area contributed by atoms with Gasteiger partial charge in [-0.05, 0) is 54.1 Å². The first kappa shape index (κ1) is 20.4. The van der Waals surface area contributed by atoms with E-state index in [1.54, 1.807) is 23.2 Å². The van der Waals surface area contributed by atoms with Crippen molar-refractivity contribution in [3.8, 4) is 11.6 Å². The van der Waals surface area contributed by atoms with Crippen molar-refractivity contribution in [1.82, 2.24) is 24.8 Å². The fourth-order valence-corrected chi connectivity index (χ4v) is 3.62. The predicted octanol–water partition coefficient (Wildman–Crippen LogP) is 4.60. The number of carbonyl (C=O) groups is 1. The van der Waals surface area contributed by atoms with Gasteiger partial charge in [0.25, 0.3) is 0 Å². The zero-order valence-corrected chi connectivity index (χ0v) is 18.3. The number of hydrogen-bond acceptors (Lipinski definition) is 6. The lowest BCUT2D eigenvalue weighted by Crippen LogP contribution is -2.27. The molecule has 0 aliphatic carbocycles. The summed E-state index contributed by atoms with van der Waals surface area (Å²) < 4.78 is 7.68. The van der Waals surface area contributed by atoms with E-state index >= 15 is 0 Å². The Hall–Kier alpha value is -4.46. The highest BCUT2D eigenvalue weighted by atomic mass is 16.5. The summed E-state index contributed by atoms with van der Waals surface area (Å²) in [4.78, 5) is 27.5. The van der Waals surface area contributed by atoms with Crippen molar-refractivity contribution in [3.63, 3.8) is 0 Å². The molecule has 33 heavy (non-hydrogen) atoms. The van der Waals surface area contributed by atoms with Crippen molar-refractivity contribution in [3.05, 3.63) is 85.1 Å². The van der Waals surface area contributed by atoms with Crippen LogP contribution in [0, 0.1) is 0 Å². The summed E-state index contributed by atoms with van der Waals surface area (Å²) in [7, 11) is 3.97. The Bertz CT molecular complexity index is 1450. The van der Waals surface area contributed by atoms with Crippen molar-refractivity contribution < 1.29 is 9.53 Å². The van der Waals surface area contributed by atoms with E-state index in [0.29, 0.717) is 18.2 Å². The molecule has 0 fully saturated rings. The molecular formula is C25H22N6O2. The second-order valence-electron chi connectivity index (χ2n) is 7.80. The number of benzene rings is 2. The largest absolute Gasteiger partial charge is 0.438 e. The summed E-state index contributed by atoms with van der Waals surface area (Å²) in [5.74, 6) is 1.12. The molecule has 0 atom stereocenters. The van der Waals surface area contributed by atoms with Crippen LogP contribution in [0.5, 0.6) is 11.6 Å². The van der Waals surface area contributed by atoms with Crippen LogP contribution in [0.3, 0.4) is 0 Å². The van der Waals surface area contributed by atoms with Crippen molar-refractivity contribution >= 4 is 33.5 Å². The van der Waals surface area contributed by atoms with Crippen molar-refractivity contribution in [2.45, 2.75) is 6.54 Å². The lowest BCUT2D eigenvalue weighted by Gasteiger charge is -2.13. The van der Waals surface area contributed by atoms with Crippen molar-refractivity contribution in [2.24, 2.45) is 0 Å². The number of amides is 1. The van der Waals surface area contributed by atoms with Crippen molar-refractivity contribution in [1.29, 1.82) is 0 Å². The van der Waals surface area contributed by atoms with Gasteiger partial charge in [-0.3, -0.25) is 9.55 Å². The third kappa shape index (κ3) is 4.18. The first-order valence-corrected chi connectivity index (χ1v) is 10.5. The average molecular weight is 438 g/mol. The molecule has 2 aromatic carbocycles. The molecule has 164 valence electrons. The Balaban J connectivity index is 1.37. The maximum absolute atomic E-state index is 12.7. The van der Waals surface area contributed by atoms with Gasteiger partial charge >= 0.3 is 6.03 Å². The number of fused-ring (bicyclic) bond motifs is 2. The molecule has 8 nitrogen and oxygen atoms in total. The lowest BCUT2D eigenvalue weighted by atomic mass is 10.2. The fourth-order valence-electron chi connectivity index (χ4n) is 3.62. The number of anilines is 1. The van der Waals surface area contributed by atoms with E-state index in [4.69, 9.17) is 4.74 Å². The SMILES string of the molecule is CN(C)c1ccc2c(Oc3ccc4c(ccn4C(=O)NCc4cccnc4)c3)ncnc2c1. The zero-order chi connectivity index (χ0) is 22.8. The second kappa shape index (κ2) is 8.58. The van der Waals surface area contributed by atoms with Gasteiger partial charge in [0.1, 0.15) is 12.1 Å². The van der Waals surface area contributed by atoms with Gasteiger partial charge in [-0.15, -0.1) is 0 Å². The molecule has 0 saturated heterocycles. The van der Waals surface area contributed by atoms with Crippen molar-refractivity contribution in [2.75, 3.05) is 19.0 Å². The monoisotopic (exact) mass is 438 g/mol. The number of aromatic nitrogens is 4. The van der Waals surface area contributed by atoms with Crippen LogP contribution in [0.1, 0.15) is 5.56 Å². The minimum Gasteiger partial charge on any atom is -0.438 e. The highest BCUT2D eigenvalue weighted by Crippen LogP contribution is 2.30. The minimum absolute atomic E-state index is 0.207. The zero-order valence-electron chi connectivity index (χ0n) is 18.3. The summed E-state index contributed by atoms with van der Waals surface area (Å²) in [6.45, 7) is 0.407. The van der Waals surface area contributed by atoms with Crippen LogP contribution in [0.2, 0.25) is 0 Å². The van der Waals surface area contributed by atoms with Crippen LogP contribution in [0.25, 0.3) is 21.8 Å². The molecule has 0 aliphatic heterocycles. The van der Waals surface area contributed by atoms with Crippen LogP contribution < -0.4 is 15.0 Å². The van der Waals surface area contributed by atoms with Crippen LogP contribution in [-0.4, -0.2) is 39.6 Å². The van der Waals surface area contributed by atoms with Crippen LogP contribution in [0.4, 0.5) is 10.5 Å². The number of ether oxygens (including phenoxy) is 1. The Morgan fingerprint density at radius 2 is 2.00 bits per heavy atom. The van der Waals surface area contributed by atoms with E-state index in [1.165, 1.54) is 6.33 Å². The van der Waals surface area contributed by atoms with E-state index in [-0.39, 0.29) is 6.03 Å². The summed E-state index contributed by atoms with van der Waals surface area (Å²) >= 11 is 0. The molecule has 1 N–H and O–H groups in total. The molecule has 0 unspecified atom stereocenters. The van der Waals surface area contributed by atoms with E-state index in [2.05, 4.69) is 20.3 Å². The molecule has 0 saturated carbocycles. The number of nitrogens with zero attached hydrogens (tertiary/aromatic N) is 5. The Morgan fingerprint density at radius 3 is 2.82 bits per heavy atom. The summed E-state index contributed by atoms with van der Waals surface area (Å²) in [5.41, 5.74) is 3.59. The molecule has 1 amide bonds. The Morgan fingerprint density at radius 1 is 1.09 bits per heavy atom. The lowest BCUT2D eigenvalue weighted by molar-refractivity contribution is 0.243. The van der Waals surface area contributed by atoms with Crippen LogP contribution in [-0.2, 0) is 6.54 Å². The summed E-state index contributed by atoms with van der Waals surface area (Å²) in [6.07, 6.45) is 6.68. The molecule has 0 spiro atoms. The Kier molecular flexibility index (Phi) is 5.32. The van der Waals surface area contributed by atoms with Gasteiger partial charge in [-0.25, -0.2) is 14.8 Å². The number of rotatable bonds is 5. The van der Waals surface area contributed by atoms with Crippen LogP contribution >= 0.6 is 0 Å². The highest BCUT2D eigenvalue weighted by molar-refractivity contribution is 5.92. The molecule has 3 aromatic heterocycles. The number of hydrogen-bond donors (Lipinski definition) is 1. The molecule has 5 aromatic rings. The molecular weight excluding hydrogens is 416 g/mol. The summed E-state index contributed by atoms with van der Waals surface area (Å²) in [5, 5.41) is 4.63. The molecule has 8 heteroatoms. The van der Waals surface area contributed by atoms with Gasteiger partial charge in [-0.1, -0.05) is 6.07 Å². The van der Waals surface area contributed by atoms with Gasteiger partial charge in [0.15, 0.2) is 0 Å². The quantitative estimate of drug-likeness (QED) is 0.432. The van der Waals surface area contributed by atoms with Gasteiger partial charge < -0.3 is 15.0 Å². The maximum atomic E-state index is 12.7. The minimum atomic E-state index is -0.207. The molecule has 0 bridgehead atoms. The smallest absolute Gasteiger partial charge is 0.326 e. The topological polar surface area (TPSA) is 85.2 Å². The maximum Gasteiger partial charge on any atom is 0.326 e. The highest BCUT2D eigenvalue weighted by Gasteiger charge is 2.12. The predicted molar refractivity (Wildman–Crippen MR) is 128 cm³/mol. The van der Waals surface area contributed by atoms with Gasteiger partial charge in [0, 0.05) is 50.3 Å². The van der Waals surface area contributed by atoms with Gasteiger partial charge in [-0.2, -0.15) is 0 Å². The molecule has 5 rings (SSSR count). The second-order valence-corrected chi connectivity index (χ2v) is 7.80. The number of pyridine rings is 1. The van der Waals surface area contributed by atoms with E-state index < -0.39 is 0 Å². The normalized spacial score (nSPS) is 11.0. The van der Waals surface area contributed by atoms with E-state index in [0.717, 1.165) is 33.1 Å². The standard InChI is InChI=1S/C25H22N6O2/c1-30(2)19-5-7-21-22(13-19)28-16-29-24(21)33-20-6-8-23-18(12-20)9-11-31(23)25(32)27-15-17-4-3-10-26-14-17/h3-14,16H,15H2,1-2H3,(H,27,32). The first-order valence-electron chi connectivity index (χ1n) is 10.5. The third-order valence-corrected chi connectivity index (χ3v) is 5.36. The molecule has 3 heterocycles. The average Bonchev–Trinajstić information content (AvgIpc) is 3.26.